The molecule has 1 aliphatic heterocycles. The number of nitrogens with zero attached hydrogens (tertiary/aromatic N) is 1. The van der Waals surface area contributed by atoms with Crippen molar-refractivity contribution in [3.63, 3.8) is 0 Å². The van der Waals surface area contributed by atoms with Crippen LogP contribution in [0.1, 0.15) is 26.2 Å². The molecule has 1 heterocycles. The van der Waals surface area contributed by atoms with Gasteiger partial charge in [-0.05, 0) is 19.4 Å². The molecule has 0 aliphatic carbocycles. The van der Waals surface area contributed by atoms with E-state index < -0.39 is 17.9 Å². The highest BCUT2D eigenvalue weighted by Crippen LogP contribution is 2.17. The van der Waals surface area contributed by atoms with Crippen LogP contribution >= 0.6 is 22.9 Å². The first-order chi connectivity index (χ1) is 9.85. The lowest BCUT2D eigenvalue weighted by Crippen LogP contribution is -2.49. The lowest BCUT2D eigenvalue weighted by Gasteiger charge is -2.24. The molecule has 3 amide bonds. The van der Waals surface area contributed by atoms with Gasteiger partial charge < -0.3 is 11.1 Å². The molecule has 1 saturated heterocycles. The Morgan fingerprint density at radius 2 is 2.05 bits per heavy atom. The summed E-state index contributed by atoms with van der Waals surface area (Å²) in [5, 5.41) is 2.42. The van der Waals surface area contributed by atoms with Crippen LogP contribution < -0.4 is 14.6 Å². The van der Waals surface area contributed by atoms with E-state index in [2.05, 4.69) is 8.85 Å². The Hall–Kier alpha value is -1.23. The molecule has 0 aromatic heterocycles. The van der Waals surface area contributed by atoms with E-state index in [0.29, 0.717) is 13.0 Å². The van der Waals surface area contributed by atoms with Gasteiger partial charge in [0.05, 0.1) is 47.9 Å². The summed E-state index contributed by atoms with van der Waals surface area (Å²) in [6.07, 6.45) is 1.26. The molecule has 1 aliphatic rings. The number of rotatable bonds is 7. The third-order valence-corrected chi connectivity index (χ3v) is 3.82. The standard InChI is InChI=1S/C12H19IN4O4/c1-7(18)15-8(5-11(14)20)10(19)6-17-4-2-3-9(17)12(21)16-13/h8-9H,2-6H2,1H3,(H2,14,20)(H,15,18)(H,16,21). The van der Waals surface area contributed by atoms with Gasteiger partial charge in [0.25, 0.3) is 0 Å². The van der Waals surface area contributed by atoms with Crippen LogP contribution in [0, 0.1) is 0 Å². The van der Waals surface area contributed by atoms with Crippen molar-refractivity contribution in [1.29, 1.82) is 0 Å². The van der Waals surface area contributed by atoms with Gasteiger partial charge in [-0.3, -0.25) is 27.6 Å². The van der Waals surface area contributed by atoms with E-state index in [4.69, 9.17) is 5.73 Å². The van der Waals surface area contributed by atoms with Gasteiger partial charge in [0.2, 0.25) is 17.7 Å². The second-order valence-corrected chi connectivity index (χ2v) is 5.52. The number of halogens is 1. The van der Waals surface area contributed by atoms with Crippen molar-refractivity contribution in [3.8, 4) is 0 Å². The van der Waals surface area contributed by atoms with Gasteiger partial charge in [-0.15, -0.1) is 0 Å². The fraction of sp³-hybridized carbons (Fsp3) is 0.667. The summed E-state index contributed by atoms with van der Waals surface area (Å²) in [5.41, 5.74) is 5.09. The first kappa shape index (κ1) is 17.8. The molecule has 0 radical (unpaired) electrons. The van der Waals surface area contributed by atoms with Gasteiger partial charge in [-0.2, -0.15) is 0 Å². The number of carbonyl (C=O) groups is 4. The molecular weight excluding hydrogens is 391 g/mol. The quantitative estimate of drug-likeness (QED) is 0.362. The second-order valence-electron chi connectivity index (χ2n) is 4.98. The monoisotopic (exact) mass is 410 g/mol. The molecule has 0 saturated carbocycles. The van der Waals surface area contributed by atoms with E-state index in [1.165, 1.54) is 6.92 Å². The van der Waals surface area contributed by atoms with Crippen LogP contribution in [-0.2, 0) is 19.2 Å². The maximum atomic E-state index is 12.2. The predicted molar refractivity (Wildman–Crippen MR) is 83.2 cm³/mol. The first-order valence-electron chi connectivity index (χ1n) is 6.57. The number of amides is 3. The van der Waals surface area contributed by atoms with Crippen molar-refractivity contribution in [3.05, 3.63) is 0 Å². The number of hydrogen-bond acceptors (Lipinski definition) is 5. The SMILES string of the molecule is CC(=O)NC(CC(N)=O)C(=O)CN1CCCC1C(=O)NI. The zero-order valence-corrected chi connectivity index (χ0v) is 13.9. The first-order valence-corrected chi connectivity index (χ1v) is 7.65. The van der Waals surface area contributed by atoms with Crippen LogP contribution in [0.5, 0.6) is 0 Å². The van der Waals surface area contributed by atoms with Crippen molar-refractivity contribution in [2.24, 2.45) is 5.73 Å². The van der Waals surface area contributed by atoms with Crippen molar-refractivity contribution in [2.75, 3.05) is 13.1 Å². The summed E-state index contributed by atoms with van der Waals surface area (Å²) in [6.45, 7) is 1.90. The number of nitrogens with two attached hydrogens (primary N) is 1. The summed E-state index contributed by atoms with van der Waals surface area (Å²) in [5.74, 6) is -1.54. The lowest BCUT2D eigenvalue weighted by atomic mass is 10.1. The van der Waals surface area contributed by atoms with Crippen LogP contribution in [0.2, 0.25) is 0 Å². The Labute approximate surface area is 136 Å². The summed E-state index contributed by atoms with van der Waals surface area (Å²) >= 11 is 1.76. The predicted octanol–water partition coefficient (Wildman–Crippen LogP) is -1.13. The molecule has 0 bridgehead atoms. The average molecular weight is 410 g/mol. The van der Waals surface area contributed by atoms with E-state index in [1.807, 2.05) is 0 Å². The van der Waals surface area contributed by atoms with Crippen molar-refractivity contribution in [1.82, 2.24) is 13.7 Å². The largest absolute Gasteiger partial charge is 0.370 e. The van der Waals surface area contributed by atoms with Gasteiger partial charge in [0.15, 0.2) is 5.78 Å². The average Bonchev–Trinajstić information content (AvgIpc) is 2.84. The zero-order valence-electron chi connectivity index (χ0n) is 11.7. The van der Waals surface area contributed by atoms with Gasteiger partial charge in [0.1, 0.15) is 0 Å². The molecular formula is C12H19IN4O4. The highest BCUT2D eigenvalue weighted by Gasteiger charge is 2.33. The molecule has 9 heteroatoms. The third-order valence-electron chi connectivity index (χ3n) is 3.29. The molecule has 1 fully saturated rings. The van der Waals surface area contributed by atoms with Crippen LogP contribution in [0.3, 0.4) is 0 Å². The van der Waals surface area contributed by atoms with Crippen molar-refractivity contribution < 1.29 is 19.2 Å². The summed E-state index contributed by atoms with van der Waals surface area (Å²) in [7, 11) is 0. The number of nitrogens with one attached hydrogen (secondary N) is 2. The number of Topliss-reactive ketones (excluding diaryl/α,β-unsaturated/α-hetero) is 1. The van der Waals surface area contributed by atoms with E-state index in [9.17, 15) is 19.2 Å². The lowest BCUT2D eigenvalue weighted by molar-refractivity contribution is -0.131. The van der Waals surface area contributed by atoms with Crippen LogP contribution in [0.4, 0.5) is 0 Å². The van der Waals surface area contributed by atoms with Crippen molar-refractivity contribution >= 4 is 46.4 Å². The fourth-order valence-electron chi connectivity index (χ4n) is 2.38. The number of hydrogen-bond donors (Lipinski definition) is 3. The Morgan fingerprint density at radius 1 is 1.38 bits per heavy atom. The number of carbonyl (C=O) groups excluding carboxylic acids is 4. The number of ketones is 1. The van der Waals surface area contributed by atoms with Crippen LogP contribution in [0.25, 0.3) is 0 Å². The minimum atomic E-state index is -0.941. The Balaban J connectivity index is 2.69. The second kappa shape index (κ2) is 8.27. The van der Waals surface area contributed by atoms with Gasteiger partial charge in [-0.25, -0.2) is 0 Å². The third kappa shape index (κ3) is 5.58. The van der Waals surface area contributed by atoms with E-state index >= 15 is 0 Å². The smallest absolute Gasteiger partial charge is 0.245 e. The molecule has 8 nitrogen and oxygen atoms in total. The highest BCUT2D eigenvalue weighted by molar-refractivity contribution is 14.1. The van der Waals surface area contributed by atoms with Gasteiger partial charge >= 0.3 is 0 Å². The minimum absolute atomic E-state index is 0.00690. The molecule has 118 valence electrons. The normalized spacial score (nSPS) is 19.8. The molecule has 0 spiro atoms. The van der Waals surface area contributed by atoms with E-state index in [1.54, 1.807) is 27.8 Å². The Kier molecular flexibility index (Phi) is 7.02. The van der Waals surface area contributed by atoms with Gasteiger partial charge in [-0.1, -0.05) is 0 Å². The van der Waals surface area contributed by atoms with Crippen LogP contribution in [-0.4, -0.2) is 53.6 Å². The zero-order chi connectivity index (χ0) is 16.0. The molecule has 1 rings (SSSR count). The maximum absolute atomic E-state index is 12.2. The van der Waals surface area contributed by atoms with Crippen molar-refractivity contribution in [2.45, 2.75) is 38.3 Å². The number of primary amides is 1. The van der Waals surface area contributed by atoms with E-state index in [-0.39, 0.29) is 30.7 Å². The number of likely N-dealkylation sites (tertiary alicyclic amines) is 1. The molecule has 4 N–H and O–H groups in total. The molecule has 2 unspecified atom stereocenters. The summed E-state index contributed by atoms with van der Waals surface area (Å²) in [4.78, 5) is 47.8. The molecule has 0 aromatic carbocycles. The molecule has 21 heavy (non-hydrogen) atoms. The summed E-state index contributed by atoms with van der Waals surface area (Å²) < 4.78 is 2.54. The van der Waals surface area contributed by atoms with Crippen LogP contribution in [0.15, 0.2) is 0 Å². The summed E-state index contributed by atoms with van der Waals surface area (Å²) in [6, 6.07) is -1.29. The Bertz CT molecular complexity index is 427. The minimum Gasteiger partial charge on any atom is -0.370 e. The van der Waals surface area contributed by atoms with Gasteiger partial charge in [0, 0.05) is 6.92 Å². The molecule has 0 aromatic rings. The van der Waals surface area contributed by atoms with E-state index in [0.717, 1.165) is 6.42 Å². The maximum Gasteiger partial charge on any atom is 0.245 e. The highest BCUT2D eigenvalue weighted by atomic mass is 127. The fourth-order valence-corrected chi connectivity index (χ4v) is 2.74. The molecule has 2 atom stereocenters. The Morgan fingerprint density at radius 3 is 2.57 bits per heavy atom. The topological polar surface area (TPSA) is 122 Å².